The lowest BCUT2D eigenvalue weighted by Crippen LogP contribution is -2.59. The highest BCUT2D eigenvalue weighted by molar-refractivity contribution is 5.41. The summed E-state index contributed by atoms with van der Waals surface area (Å²) in [4.78, 5) is 6.76. The van der Waals surface area contributed by atoms with E-state index in [1.165, 1.54) is 0 Å². The fraction of sp³-hybridized carbons (Fsp3) is 0.533. The third-order valence-electron chi connectivity index (χ3n) is 4.81. The van der Waals surface area contributed by atoms with Crippen molar-refractivity contribution in [1.82, 2.24) is 14.3 Å². The summed E-state index contributed by atoms with van der Waals surface area (Å²) in [5, 5.41) is 11.2. The molecule has 1 N–H and O–H groups in total. The predicted octanol–water partition coefficient (Wildman–Crippen LogP) is 1.01. The van der Waals surface area contributed by atoms with Crippen LogP contribution < -0.4 is 0 Å². The molecule has 2 aromatic rings. The molecule has 2 fully saturated rings. The van der Waals surface area contributed by atoms with E-state index in [2.05, 4.69) is 16.9 Å². The predicted molar refractivity (Wildman–Crippen MR) is 74.5 cm³/mol. The molecule has 20 heavy (non-hydrogen) atoms. The van der Waals surface area contributed by atoms with Gasteiger partial charge in [-0.3, -0.25) is 4.90 Å². The summed E-state index contributed by atoms with van der Waals surface area (Å²) in [6.07, 6.45) is 5.18. The first kappa shape index (κ1) is 12.3. The van der Waals surface area contributed by atoms with Crippen LogP contribution in [0.1, 0.15) is 18.5 Å². The van der Waals surface area contributed by atoms with E-state index in [4.69, 9.17) is 4.74 Å². The number of pyridine rings is 1. The third-order valence-corrected chi connectivity index (χ3v) is 4.81. The Bertz CT molecular complexity index is 625. The number of morpholine rings is 1. The summed E-state index contributed by atoms with van der Waals surface area (Å²) in [7, 11) is 2.13. The molecule has 4 rings (SSSR count). The van der Waals surface area contributed by atoms with E-state index in [0.717, 1.165) is 11.3 Å². The van der Waals surface area contributed by atoms with Crippen LogP contribution in [-0.2, 0) is 10.3 Å². The fourth-order valence-corrected chi connectivity index (χ4v) is 3.63. The van der Waals surface area contributed by atoms with Gasteiger partial charge in [0.2, 0.25) is 0 Å². The Morgan fingerprint density at radius 2 is 2.05 bits per heavy atom. The average molecular weight is 273 g/mol. The van der Waals surface area contributed by atoms with E-state index in [9.17, 15) is 5.11 Å². The SMILES string of the molecule is CN1C2COCC1CC(O)(c1cnc3ccccn13)C2. The Hall–Kier alpha value is -1.43. The van der Waals surface area contributed by atoms with Gasteiger partial charge in [-0.25, -0.2) is 4.98 Å². The van der Waals surface area contributed by atoms with E-state index in [0.29, 0.717) is 26.1 Å². The molecule has 5 nitrogen and oxygen atoms in total. The van der Waals surface area contributed by atoms with E-state index >= 15 is 0 Å². The van der Waals surface area contributed by atoms with Crippen molar-refractivity contribution in [2.24, 2.45) is 0 Å². The van der Waals surface area contributed by atoms with Gasteiger partial charge in [0.05, 0.1) is 25.1 Å². The minimum Gasteiger partial charge on any atom is -0.383 e. The Labute approximate surface area is 117 Å². The van der Waals surface area contributed by atoms with Crippen molar-refractivity contribution in [3.05, 3.63) is 36.3 Å². The molecule has 0 saturated carbocycles. The molecule has 0 aromatic carbocycles. The molecule has 2 saturated heterocycles. The van der Waals surface area contributed by atoms with Crippen molar-refractivity contribution < 1.29 is 9.84 Å². The number of hydrogen-bond donors (Lipinski definition) is 1. The zero-order chi connectivity index (χ0) is 13.7. The van der Waals surface area contributed by atoms with E-state index in [1.54, 1.807) is 0 Å². The minimum absolute atomic E-state index is 0.279. The second-order valence-electron chi connectivity index (χ2n) is 6.02. The highest BCUT2D eigenvalue weighted by Crippen LogP contribution is 2.40. The van der Waals surface area contributed by atoms with Crippen molar-refractivity contribution in [2.45, 2.75) is 30.5 Å². The summed E-state index contributed by atoms with van der Waals surface area (Å²) in [5.74, 6) is 0. The average Bonchev–Trinajstić information content (AvgIpc) is 2.85. The summed E-state index contributed by atoms with van der Waals surface area (Å²) in [5.41, 5.74) is 0.973. The number of aromatic nitrogens is 2. The second-order valence-corrected chi connectivity index (χ2v) is 6.02. The zero-order valence-electron chi connectivity index (χ0n) is 11.6. The van der Waals surface area contributed by atoms with Gasteiger partial charge in [0.25, 0.3) is 0 Å². The number of rotatable bonds is 1. The van der Waals surface area contributed by atoms with Crippen molar-refractivity contribution >= 4 is 5.65 Å². The summed E-state index contributed by atoms with van der Waals surface area (Å²) >= 11 is 0. The van der Waals surface area contributed by atoms with Crippen LogP contribution in [0.25, 0.3) is 5.65 Å². The van der Waals surface area contributed by atoms with Crippen LogP contribution in [0.5, 0.6) is 0 Å². The maximum absolute atomic E-state index is 11.2. The van der Waals surface area contributed by atoms with Gasteiger partial charge in [0, 0.05) is 18.3 Å². The number of piperidine rings is 1. The number of likely N-dealkylation sites (N-methyl/N-ethyl adjacent to an activating group) is 1. The van der Waals surface area contributed by atoms with Gasteiger partial charge >= 0.3 is 0 Å². The maximum atomic E-state index is 11.2. The van der Waals surface area contributed by atoms with Gasteiger partial charge < -0.3 is 14.2 Å². The van der Waals surface area contributed by atoms with Crippen LogP contribution in [0, 0.1) is 0 Å². The lowest BCUT2D eigenvalue weighted by atomic mass is 9.79. The van der Waals surface area contributed by atoms with Crippen molar-refractivity contribution in [3.63, 3.8) is 0 Å². The lowest BCUT2D eigenvalue weighted by Gasteiger charge is -2.50. The Morgan fingerprint density at radius 1 is 1.30 bits per heavy atom. The number of nitrogens with zero attached hydrogens (tertiary/aromatic N) is 3. The molecule has 106 valence electrons. The second kappa shape index (κ2) is 4.28. The molecule has 2 atom stereocenters. The highest BCUT2D eigenvalue weighted by Gasteiger charge is 2.46. The molecule has 2 aliphatic heterocycles. The molecule has 2 unspecified atom stereocenters. The first-order chi connectivity index (χ1) is 9.67. The quantitative estimate of drug-likeness (QED) is 0.842. The van der Waals surface area contributed by atoms with Crippen molar-refractivity contribution in [2.75, 3.05) is 20.3 Å². The normalized spacial score (nSPS) is 34.5. The molecule has 2 bridgehead atoms. The standard InChI is InChI=1S/C15H19N3O2/c1-17-11-6-15(19,7-12(17)10-20-9-11)13-8-16-14-4-2-3-5-18(13)14/h2-5,8,11-12,19H,6-7,9-10H2,1H3. The van der Waals surface area contributed by atoms with Gasteiger partial charge in [-0.05, 0) is 32.0 Å². The van der Waals surface area contributed by atoms with Gasteiger partial charge in [-0.2, -0.15) is 0 Å². The summed E-state index contributed by atoms with van der Waals surface area (Å²) in [6.45, 7) is 1.40. The fourth-order valence-electron chi connectivity index (χ4n) is 3.63. The molecular formula is C15H19N3O2. The summed E-state index contributed by atoms with van der Waals surface area (Å²) < 4.78 is 7.63. The van der Waals surface area contributed by atoms with Crippen LogP contribution in [0.4, 0.5) is 0 Å². The van der Waals surface area contributed by atoms with Gasteiger partial charge in [0.1, 0.15) is 11.2 Å². The van der Waals surface area contributed by atoms with Crippen molar-refractivity contribution in [3.8, 4) is 0 Å². The highest BCUT2D eigenvalue weighted by atomic mass is 16.5. The van der Waals surface area contributed by atoms with Crippen LogP contribution in [0.15, 0.2) is 30.6 Å². The van der Waals surface area contributed by atoms with E-state index in [1.807, 2.05) is 35.0 Å². The molecule has 2 aliphatic rings. The zero-order valence-corrected chi connectivity index (χ0v) is 11.6. The minimum atomic E-state index is -0.813. The Morgan fingerprint density at radius 3 is 2.80 bits per heavy atom. The van der Waals surface area contributed by atoms with Crippen molar-refractivity contribution in [1.29, 1.82) is 0 Å². The van der Waals surface area contributed by atoms with Crippen LogP contribution in [-0.4, -0.2) is 51.7 Å². The first-order valence-electron chi connectivity index (χ1n) is 7.12. The van der Waals surface area contributed by atoms with Crippen LogP contribution in [0.2, 0.25) is 0 Å². The first-order valence-corrected chi connectivity index (χ1v) is 7.12. The van der Waals surface area contributed by atoms with E-state index in [-0.39, 0.29) is 12.1 Å². The Kier molecular flexibility index (Phi) is 2.64. The molecule has 2 aromatic heterocycles. The molecule has 0 spiro atoms. The molecular weight excluding hydrogens is 254 g/mol. The van der Waals surface area contributed by atoms with Crippen LogP contribution >= 0.6 is 0 Å². The number of hydrogen-bond acceptors (Lipinski definition) is 4. The van der Waals surface area contributed by atoms with Gasteiger partial charge in [0.15, 0.2) is 0 Å². The number of imidazole rings is 1. The monoisotopic (exact) mass is 273 g/mol. The number of aliphatic hydroxyl groups is 1. The maximum Gasteiger partial charge on any atom is 0.136 e. The molecule has 0 radical (unpaired) electrons. The molecule has 5 heteroatoms. The third kappa shape index (κ3) is 1.70. The summed E-state index contributed by atoms with van der Waals surface area (Å²) in [6, 6.07) is 6.46. The molecule has 0 amide bonds. The van der Waals surface area contributed by atoms with Gasteiger partial charge in [-0.15, -0.1) is 0 Å². The van der Waals surface area contributed by atoms with E-state index < -0.39 is 5.60 Å². The molecule has 4 heterocycles. The van der Waals surface area contributed by atoms with Gasteiger partial charge in [-0.1, -0.05) is 6.07 Å². The lowest BCUT2D eigenvalue weighted by molar-refractivity contribution is -0.139. The number of ether oxygens (including phenoxy) is 1. The number of fused-ring (bicyclic) bond motifs is 3. The topological polar surface area (TPSA) is 50.0 Å². The van der Waals surface area contributed by atoms with Crippen LogP contribution in [0.3, 0.4) is 0 Å². The largest absolute Gasteiger partial charge is 0.383 e. The smallest absolute Gasteiger partial charge is 0.136 e. The molecule has 0 aliphatic carbocycles. The Balaban J connectivity index is 1.77.